The van der Waals surface area contributed by atoms with E-state index in [1.165, 1.54) is 32.1 Å². The van der Waals surface area contributed by atoms with Crippen LogP contribution in [0.15, 0.2) is 0 Å². The monoisotopic (exact) mass is 334 g/mol. The third kappa shape index (κ3) is 188. The summed E-state index contributed by atoms with van der Waals surface area (Å²) in [6.45, 7) is 12.2. The van der Waals surface area contributed by atoms with Gasteiger partial charge in [-0.3, -0.25) is 0 Å². The molecule has 0 atom stereocenters. The molecule has 0 aromatic carbocycles. The third-order valence-electron chi connectivity index (χ3n) is 1.51. The summed E-state index contributed by atoms with van der Waals surface area (Å²) in [5.74, 6) is 0. The smallest absolute Gasteiger partial charge is 0.852 e. The molecule has 0 saturated carbocycles. The molecule has 0 heterocycles. The van der Waals surface area contributed by atoms with Crippen LogP contribution in [0.25, 0.3) is 0 Å². The maximum atomic E-state index is 9.53. The van der Waals surface area contributed by atoms with E-state index in [0.717, 1.165) is 6.42 Å². The van der Waals surface area contributed by atoms with Gasteiger partial charge in [-0.25, -0.2) is 0 Å². The molecule has 0 spiro atoms. The van der Waals surface area contributed by atoms with Crippen LogP contribution in [0.2, 0.25) is 0 Å². The van der Waals surface area contributed by atoms with Crippen molar-refractivity contribution in [3.8, 4) is 0 Å². The van der Waals surface area contributed by atoms with E-state index in [0.29, 0.717) is 6.61 Å². The fourth-order valence-electron chi connectivity index (χ4n) is 0.892. The first-order valence-corrected chi connectivity index (χ1v) is 8.19. The van der Waals surface area contributed by atoms with Crippen LogP contribution in [0, 0.1) is 0 Å². The molecule has 0 aromatic rings. The van der Waals surface area contributed by atoms with Crippen molar-refractivity contribution in [2.75, 3.05) is 6.61 Å². The minimum atomic E-state index is -0.417. The van der Waals surface area contributed by atoms with Gasteiger partial charge in [0.25, 0.3) is 0 Å². The van der Waals surface area contributed by atoms with E-state index < -0.39 is 18.3 Å². The zero-order valence-corrected chi connectivity index (χ0v) is 17.1. The molecule has 0 saturated heterocycles. The number of aliphatic hydroxyl groups is 1. The van der Waals surface area contributed by atoms with Crippen molar-refractivity contribution in [3.05, 3.63) is 0 Å². The van der Waals surface area contributed by atoms with E-state index >= 15 is 0 Å². The maximum absolute atomic E-state index is 9.53. The molecular weight excluding hydrogens is 295 g/mol. The van der Waals surface area contributed by atoms with Crippen molar-refractivity contribution in [1.29, 1.82) is 0 Å². The van der Waals surface area contributed by atoms with Gasteiger partial charge in [-0.1, -0.05) is 80.6 Å². The van der Waals surface area contributed by atoms with E-state index in [1.54, 1.807) is 41.5 Å². The number of hydrogen-bond acceptors (Lipinski definition) is 4. The van der Waals surface area contributed by atoms with Gasteiger partial charge in [-0.15, -0.1) is 18.3 Å². The third-order valence-corrected chi connectivity index (χ3v) is 1.51. The molecule has 0 aliphatic heterocycles. The van der Waals surface area contributed by atoms with Crippen LogP contribution in [0.5, 0.6) is 0 Å². The average Bonchev–Trinajstić information content (AvgIpc) is 2.26. The molecule has 4 nitrogen and oxygen atoms in total. The molecule has 0 unspecified atom stereocenters. The summed E-state index contributed by atoms with van der Waals surface area (Å²) in [5.41, 5.74) is 0. The molecule has 0 bridgehead atoms. The van der Waals surface area contributed by atoms with E-state index in [9.17, 15) is 15.3 Å². The van der Waals surface area contributed by atoms with Crippen LogP contribution in [-0.4, -0.2) is 47.4 Å². The molecule has 0 aliphatic rings. The predicted molar refractivity (Wildman–Crippen MR) is 91.6 cm³/mol. The van der Waals surface area contributed by atoms with Crippen LogP contribution in [-0.2, 0) is 0 Å². The van der Waals surface area contributed by atoms with Crippen molar-refractivity contribution in [2.24, 2.45) is 0 Å². The van der Waals surface area contributed by atoms with Gasteiger partial charge >= 0.3 is 17.4 Å². The SMILES string of the molecule is CC(C)[O-].CC(C)[O-].CC(C)[O-].CCCCCCCCO.[Al+3]. The summed E-state index contributed by atoms with van der Waals surface area (Å²) in [6, 6.07) is 0. The summed E-state index contributed by atoms with van der Waals surface area (Å²) in [5, 5.41) is 37.0. The second kappa shape index (κ2) is 33.1. The van der Waals surface area contributed by atoms with Crippen LogP contribution in [0.4, 0.5) is 0 Å². The zero-order valence-electron chi connectivity index (χ0n) is 15.9. The van der Waals surface area contributed by atoms with Crippen LogP contribution in [0.1, 0.15) is 87.0 Å². The van der Waals surface area contributed by atoms with E-state index in [1.807, 2.05) is 0 Å². The molecule has 0 fully saturated rings. The summed E-state index contributed by atoms with van der Waals surface area (Å²) in [6.07, 6.45) is 6.25. The van der Waals surface area contributed by atoms with E-state index in [4.69, 9.17) is 5.11 Å². The Labute approximate surface area is 150 Å². The molecule has 0 radical (unpaired) electrons. The molecular formula is C17H39AlO4. The van der Waals surface area contributed by atoms with Gasteiger partial charge in [-0.05, 0) is 6.42 Å². The Hall–Kier alpha value is 0.372. The van der Waals surface area contributed by atoms with Crippen molar-refractivity contribution < 1.29 is 20.4 Å². The zero-order chi connectivity index (χ0) is 17.7. The molecule has 0 aromatic heterocycles. The summed E-state index contributed by atoms with van der Waals surface area (Å²) in [4.78, 5) is 0. The molecule has 0 aliphatic carbocycles. The Kier molecular flexibility index (Phi) is 50.9. The first kappa shape index (κ1) is 33.9. The minimum absolute atomic E-state index is 0. The Bertz CT molecular complexity index is 114. The minimum Gasteiger partial charge on any atom is -0.852 e. The topological polar surface area (TPSA) is 89.4 Å². The predicted octanol–water partition coefficient (Wildman–Crippen LogP) is 1.22. The summed E-state index contributed by atoms with van der Waals surface area (Å²) in [7, 11) is 0. The second-order valence-corrected chi connectivity index (χ2v) is 5.64. The molecule has 22 heavy (non-hydrogen) atoms. The summed E-state index contributed by atoms with van der Waals surface area (Å²) >= 11 is 0. The number of unbranched alkanes of at least 4 members (excludes halogenated alkanes) is 5. The Morgan fingerprint density at radius 2 is 0.864 bits per heavy atom. The van der Waals surface area contributed by atoms with Gasteiger partial charge in [0.05, 0.1) is 0 Å². The fourth-order valence-corrected chi connectivity index (χ4v) is 0.892. The van der Waals surface area contributed by atoms with Gasteiger partial charge in [-0.2, -0.15) is 0 Å². The molecule has 0 amide bonds. The second-order valence-electron chi connectivity index (χ2n) is 5.64. The maximum Gasteiger partial charge on any atom is 3.00 e. The van der Waals surface area contributed by atoms with Gasteiger partial charge in [0.1, 0.15) is 0 Å². The molecule has 0 rings (SSSR count). The van der Waals surface area contributed by atoms with Crippen molar-refractivity contribution in [3.63, 3.8) is 0 Å². The first-order chi connectivity index (χ1) is 9.61. The van der Waals surface area contributed by atoms with Crippen molar-refractivity contribution in [1.82, 2.24) is 0 Å². The van der Waals surface area contributed by atoms with Crippen LogP contribution >= 0.6 is 0 Å². The Balaban J connectivity index is -0.0000000632. The first-order valence-electron chi connectivity index (χ1n) is 8.19. The number of aliphatic hydroxyl groups excluding tert-OH is 1. The average molecular weight is 334 g/mol. The quantitative estimate of drug-likeness (QED) is 0.584. The Morgan fingerprint density at radius 3 is 1.09 bits per heavy atom. The van der Waals surface area contributed by atoms with Gasteiger partial charge in [0.2, 0.25) is 0 Å². The van der Waals surface area contributed by atoms with Gasteiger partial charge < -0.3 is 20.4 Å². The number of hydrogen-bond donors (Lipinski definition) is 1. The number of rotatable bonds is 6. The van der Waals surface area contributed by atoms with Crippen molar-refractivity contribution >= 4 is 17.4 Å². The fraction of sp³-hybridized carbons (Fsp3) is 1.00. The Morgan fingerprint density at radius 1 is 0.636 bits per heavy atom. The van der Waals surface area contributed by atoms with Crippen molar-refractivity contribution in [2.45, 2.75) is 105 Å². The van der Waals surface area contributed by atoms with E-state index in [-0.39, 0.29) is 17.4 Å². The largest absolute Gasteiger partial charge is 3.00 e. The summed E-state index contributed by atoms with van der Waals surface area (Å²) < 4.78 is 0. The van der Waals surface area contributed by atoms with Gasteiger partial charge in [0.15, 0.2) is 0 Å². The van der Waals surface area contributed by atoms with Crippen LogP contribution < -0.4 is 15.3 Å². The molecule has 134 valence electrons. The van der Waals surface area contributed by atoms with Gasteiger partial charge in [0, 0.05) is 6.61 Å². The molecule has 1 N–H and O–H groups in total. The van der Waals surface area contributed by atoms with E-state index in [2.05, 4.69) is 6.92 Å². The molecule has 5 heteroatoms. The standard InChI is InChI=1S/C8H18O.3C3H7O.Al/c1-2-3-4-5-6-7-8-9;3*1-3(2)4;/h9H,2-8H2,1H3;3*3H,1-2H3;/q;3*-1;+3. The normalized spacial score (nSPS) is 9.00. The van der Waals surface area contributed by atoms with Crippen LogP contribution in [0.3, 0.4) is 0 Å².